The van der Waals surface area contributed by atoms with E-state index in [1.807, 2.05) is 48.5 Å². The van der Waals surface area contributed by atoms with Crippen molar-refractivity contribution in [2.24, 2.45) is 0 Å². The van der Waals surface area contributed by atoms with E-state index < -0.39 is 31.5 Å². The number of ether oxygens (including phenoxy) is 1. The largest absolute Gasteiger partial charge is 0.497 e. The number of hydrogen-bond acceptors (Lipinski definition) is 4. The Morgan fingerprint density at radius 2 is 1.22 bits per heavy atom. The summed E-state index contributed by atoms with van der Waals surface area (Å²) in [6, 6.07) is 46.9. The molecule has 0 aromatic heterocycles. The number of rotatable bonds is 11. The molecule has 264 valence electrons. The molecule has 1 saturated carbocycles. The van der Waals surface area contributed by atoms with Crippen LogP contribution in [0.1, 0.15) is 44.2 Å². The summed E-state index contributed by atoms with van der Waals surface area (Å²) in [5, 5.41) is 2.57. The van der Waals surface area contributed by atoms with Crippen LogP contribution in [-0.4, -0.2) is 43.3 Å². The Kier molecular flexibility index (Phi) is 10.5. The zero-order valence-corrected chi connectivity index (χ0v) is 33.4. The van der Waals surface area contributed by atoms with Crippen LogP contribution < -0.4 is 20.3 Å². The van der Waals surface area contributed by atoms with Crippen LogP contribution in [0.25, 0.3) is 6.08 Å². The Labute approximate surface area is 307 Å². The molecule has 5 aromatic carbocycles. The molecule has 0 amide bonds. The topological polar surface area (TPSA) is 52.6 Å². The second-order valence-corrected chi connectivity index (χ2v) is 26.3. The molecule has 0 radical (unpaired) electrons. The standard InChI is InChI=1S/C44H50O4SSi2/c1-8-33-31-34(47-5)29-30-39(33)40-32-41(48-51(44(2,3)4,37-25-17-11-18-26-37)38-27-19-12-20-28-38)43(50(6,7)36-23-15-10-16-24-36)42(40)49(45,46)35-21-13-9-14-22-35/h8-31,40-43H,1,32H2,2-7H3/t40-,41-,42?,43+/m1/s1. The molecule has 7 heteroatoms. The molecule has 1 unspecified atom stereocenters. The van der Waals surface area contributed by atoms with Crippen molar-refractivity contribution < 1.29 is 17.6 Å². The van der Waals surface area contributed by atoms with E-state index in [-0.39, 0.29) is 22.6 Å². The molecule has 0 aliphatic heterocycles. The van der Waals surface area contributed by atoms with Gasteiger partial charge in [-0.25, -0.2) is 8.42 Å². The second kappa shape index (κ2) is 14.5. The molecule has 6 rings (SSSR count). The van der Waals surface area contributed by atoms with Crippen molar-refractivity contribution in [2.75, 3.05) is 7.11 Å². The average Bonchev–Trinajstić information content (AvgIpc) is 3.55. The molecule has 51 heavy (non-hydrogen) atoms. The molecule has 1 aliphatic carbocycles. The van der Waals surface area contributed by atoms with Gasteiger partial charge in [-0.3, -0.25) is 0 Å². The van der Waals surface area contributed by atoms with Gasteiger partial charge in [-0.1, -0.05) is 167 Å². The first-order valence-corrected chi connectivity index (χ1v) is 24.3. The molecule has 4 atom stereocenters. The molecule has 1 fully saturated rings. The van der Waals surface area contributed by atoms with Crippen LogP contribution in [-0.2, 0) is 14.3 Å². The molecule has 5 aromatic rings. The molecule has 4 nitrogen and oxygen atoms in total. The van der Waals surface area contributed by atoms with Crippen molar-refractivity contribution in [2.45, 2.75) is 73.0 Å². The highest BCUT2D eigenvalue weighted by molar-refractivity contribution is 7.92. The molecule has 0 bridgehead atoms. The summed E-state index contributed by atoms with van der Waals surface area (Å²) in [5.74, 6) is 0.364. The fraction of sp³-hybridized carbons (Fsp3) is 0.273. The summed E-state index contributed by atoms with van der Waals surface area (Å²) in [7, 11) is -7.93. The Hall–Kier alpha value is -4.02. The highest BCUT2D eigenvalue weighted by Crippen LogP contribution is 2.55. The maximum Gasteiger partial charge on any atom is 0.261 e. The molecular weight excluding hydrogens is 681 g/mol. The molecule has 0 heterocycles. The number of methoxy groups -OCH3 is 1. The van der Waals surface area contributed by atoms with E-state index in [0.29, 0.717) is 17.1 Å². The minimum Gasteiger partial charge on any atom is -0.497 e. The fourth-order valence-corrected chi connectivity index (χ4v) is 20.8. The van der Waals surface area contributed by atoms with Crippen LogP contribution in [0, 0.1) is 0 Å². The quantitative estimate of drug-likeness (QED) is 0.128. The summed E-state index contributed by atoms with van der Waals surface area (Å²) >= 11 is 0. The van der Waals surface area contributed by atoms with E-state index in [1.54, 1.807) is 19.2 Å². The first kappa shape index (κ1) is 36.8. The monoisotopic (exact) mass is 730 g/mol. The van der Waals surface area contributed by atoms with Crippen LogP contribution >= 0.6 is 0 Å². The lowest BCUT2D eigenvalue weighted by molar-refractivity contribution is 0.191. The summed E-state index contributed by atoms with van der Waals surface area (Å²) in [6.07, 6.45) is 2.03. The van der Waals surface area contributed by atoms with E-state index in [1.165, 1.54) is 15.6 Å². The van der Waals surface area contributed by atoms with Crippen LogP contribution in [0.3, 0.4) is 0 Å². The first-order chi connectivity index (χ1) is 24.4. The molecule has 0 N–H and O–H groups in total. The third kappa shape index (κ3) is 6.73. The van der Waals surface area contributed by atoms with Gasteiger partial charge in [0.25, 0.3) is 8.32 Å². The van der Waals surface area contributed by atoms with Gasteiger partial charge in [0.1, 0.15) is 5.75 Å². The van der Waals surface area contributed by atoms with Gasteiger partial charge in [0.15, 0.2) is 9.84 Å². The van der Waals surface area contributed by atoms with Gasteiger partial charge in [0.05, 0.1) is 25.3 Å². The predicted octanol–water partition coefficient (Wildman–Crippen LogP) is 8.60. The van der Waals surface area contributed by atoms with Crippen LogP contribution in [0.2, 0.25) is 23.7 Å². The lowest BCUT2D eigenvalue weighted by atomic mass is 9.92. The third-order valence-corrected chi connectivity index (χ3v) is 22.9. The Morgan fingerprint density at radius 3 is 1.69 bits per heavy atom. The van der Waals surface area contributed by atoms with Crippen molar-refractivity contribution in [1.29, 1.82) is 0 Å². The van der Waals surface area contributed by atoms with E-state index in [9.17, 15) is 0 Å². The first-order valence-electron chi connectivity index (χ1n) is 17.8. The fourth-order valence-electron chi connectivity index (χ4n) is 8.64. The lowest BCUT2D eigenvalue weighted by Crippen LogP contribution is -2.68. The number of benzene rings is 5. The van der Waals surface area contributed by atoms with Crippen molar-refractivity contribution in [3.8, 4) is 5.75 Å². The molecule has 0 saturated heterocycles. The highest BCUT2D eigenvalue weighted by atomic mass is 32.2. The van der Waals surface area contributed by atoms with Gasteiger partial charge >= 0.3 is 0 Å². The average molecular weight is 731 g/mol. The zero-order valence-electron chi connectivity index (χ0n) is 30.6. The van der Waals surface area contributed by atoms with Crippen molar-refractivity contribution >= 4 is 47.9 Å². The summed E-state index contributed by atoms with van der Waals surface area (Å²) in [6.45, 7) is 15.7. The minimum atomic E-state index is -3.87. The van der Waals surface area contributed by atoms with Gasteiger partial charge in [-0.05, 0) is 57.2 Å². The van der Waals surface area contributed by atoms with Gasteiger partial charge in [-0.15, -0.1) is 0 Å². The van der Waals surface area contributed by atoms with E-state index >= 15 is 8.42 Å². The second-order valence-electron chi connectivity index (χ2n) is 15.3. The van der Waals surface area contributed by atoms with E-state index in [2.05, 4.69) is 125 Å². The van der Waals surface area contributed by atoms with Crippen LogP contribution in [0.4, 0.5) is 0 Å². The Morgan fingerprint density at radius 1 is 0.725 bits per heavy atom. The van der Waals surface area contributed by atoms with E-state index in [0.717, 1.165) is 11.1 Å². The number of sulfone groups is 1. The minimum absolute atomic E-state index is 0.281. The highest BCUT2D eigenvalue weighted by Gasteiger charge is 2.61. The van der Waals surface area contributed by atoms with Gasteiger partial charge in [-0.2, -0.15) is 0 Å². The van der Waals surface area contributed by atoms with Crippen molar-refractivity contribution in [1.82, 2.24) is 0 Å². The lowest BCUT2D eigenvalue weighted by Gasteiger charge is -2.47. The Bertz CT molecular complexity index is 2010. The van der Waals surface area contributed by atoms with Gasteiger partial charge in [0, 0.05) is 17.6 Å². The summed E-state index contributed by atoms with van der Waals surface area (Å²) in [4.78, 5) is 0.350. The van der Waals surface area contributed by atoms with Gasteiger partial charge in [0.2, 0.25) is 0 Å². The predicted molar refractivity (Wildman–Crippen MR) is 218 cm³/mol. The number of hydrogen-bond donors (Lipinski definition) is 0. The molecule has 0 spiro atoms. The summed E-state index contributed by atoms with van der Waals surface area (Å²) in [5.41, 5.74) is 1.57. The Balaban J connectivity index is 1.67. The van der Waals surface area contributed by atoms with Crippen molar-refractivity contribution in [3.63, 3.8) is 0 Å². The molecule has 1 aliphatic rings. The van der Waals surface area contributed by atoms with E-state index in [4.69, 9.17) is 9.16 Å². The summed E-state index contributed by atoms with van der Waals surface area (Å²) < 4.78 is 44.5. The van der Waals surface area contributed by atoms with Crippen molar-refractivity contribution in [3.05, 3.63) is 157 Å². The van der Waals surface area contributed by atoms with Crippen LogP contribution in [0.15, 0.2) is 151 Å². The molecular formula is C44H50O4SSi2. The zero-order chi connectivity index (χ0) is 36.4. The maximum absolute atomic E-state index is 15.4. The van der Waals surface area contributed by atoms with Crippen LogP contribution in [0.5, 0.6) is 5.75 Å². The smallest absolute Gasteiger partial charge is 0.261 e. The maximum atomic E-state index is 15.4. The normalized spacial score (nSPS) is 19.8. The SMILES string of the molecule is C=Cc1cc(OC)ccc1[C@H]1C[C@@H](O[Si](c2ccccc2)(c2ccccc2)C(C)(C)C)[C@H]([Si](C)(C)c2ccccc2)C1S(=O)(=O)c1ccccc1. The third-order valence-electron chi connectivity index (χ3n) is 11.1. The van der Waals surface area contributed by atoms with Gasteiger partial charge < -0.3 is 9.16 Å².